The average Bonchev–Trinajstić information content (AvgIpc) is 2.52. The van der Waals surface area contributed by atoms with Gasteiger partial charge in [0.15, 0.2) is 12.3 Å². The third-order valence-corrected chi connectivity index (χ3v) is 5.40. The minimum absolute atomic E-state index is 0.0488. The fourth-order valence-electron chi connectivity index (χ4n) is 2.78. The van der Waals surface area contributed by atoms with E-state index in [0.717, 1.165) is 6.42 Å². The van der Waals surface area contributed by atoms with Crippen LogP contribution in [0.25, 0.3) is 0 Å². The zero-order chi connectivity index (χ0) is 18.0. The Morgan fingerprint density at radius 1 is 1.08 bits per heavy atom. The average molecular weight is 414 g/mol. The first-order valence-corrected chi connectivity index (χ1v) is 8.86. The maximum atomic E-state index is 12.2. The zero-order valence-corrected chi connectivity index (χ0v) is 16.1. The van der Waals surface area contributed by atoms with Gasteiger partial charge in [0, 0.05) is 13.1 Å². The molecule has 1 amide bonds. The van der Waals surface area contributed by atoms with Crippen molar-refractivity contribution in [1.29, 1.82) is 0 Å². The molecule has 2 atom stereocenters. The van der Waals surface area contributed by atoms with Crippen molar-refractivity contribution in [3.8, 4) is 0 Å². The predicted molar refractivity (Wildman–Crippen MR) is 94.1 cm³/mol. The van der Waals surface area contributed by atoms with Gasteiger partial charge in [0.2, 0.25) is 0 Å². The van der Waals surface area contributed by atoms with Crippen LogP contribution < -0.4 is 0 Å². The van der Waals surface area contributed by atoms with Gasteiger partial charge in [0.1, 0.15) is 5.15 Å². The number of ether oxygens (including phenoxy) is 1. The summed E-state index contributed by atoms with van der Waals surface area (Å²) in [4.78, 5) is 29.8. The van der Waals surface area contributed by atoms with Crippen molar-refractivity contribution in [2.75, 3.05) is 19.7 Å². The van der Waals surface area contributed by atoms with Crippen LogP contribution in [0.2, 0.25) is 20.2 Å². The van der Waals surface area contributed by atoms with Crippen LogP contribution in [-0.2, 0) is 9.53 Å². The van der Waals surface area contributed by atoms with Gasteiger partial charge in [-0.1, -0.05) is 60.3 Å². The lowest BCUT2D eigenvalue weighted by atomic mass is 9.92. The first-order valence-electron chi connectivity index (χ1n) is 7.35. The van der Waals surface area contributed by atoms with Gasteiger partial charge in [-0.15, -0.1) is 0 Å². The van der Waals surface area contributed by atoms with Crippen LogP contribution in [0, 0.1) is 11.8 Å². The van der Waals surface area contributed by atoms with E-state index in [1.54, 1.807) is 4.90 Å². The normalized spacial score (nSPS) is 20.8. The molecule has 1 fully saturated rings. The molecule has 0 aromatic carbocycles. The van der Waals surface area contributed by atoms with Crippen molar-refractivity contribution in [1.82, 2.24) is 9.88 Å². The molecule has 0 saturated carbocycles. The van der Waals surface area contributed by atoms with Crippen molar-refractivity contribution < 1.29 is 14.3 Å². The molecule has 0 aliphatic carbocycles. The van der Waals surface area contributed by atoms with E-state index in [4.69, 9.17) is 51.1 Å². The molecule has 1 aliphatic rings. The second-order valence-corrected chi connectivity index (χ2v) is 7.51. The largest absolute Gasteiger partial charge is 0.451 e. The van der Waals surface area contributed by atoms with Crippen LogP contribution in [0.1, 0.15) is 30.8 Å². The summed E-state index contributed by atoms with van der Waals surface area (Å²) in [6.07, 6.45) is 1.07. The summed E-state index contributed by atoms with van der Waals surface area (Å²) >= 11 is 23.4. The molecule has 1 aromatic rings. The lowest BCUT2D eigenvalue weighted by molar-refractivity contribution is -0.137. The van der Waals surface area contributed by atoms with Gasteiger partial charge < -0.3 is 9.64 Å². The van der Waals surface area contributed by atoms with Crippen LogP contribution >= 0.6 is 46.4 Å². The maximum Gasteiger partial charge on any atom is 0.359 e. The molecule has 132 valence electrons. The van der Waals surface area contributed by atoms with Gasteiger partial charge in [0.25, 0.3) is 5.91 Å². The van der Waals surface area contributed by atoms with Crippen LogP contribution in [0.3, 0.4) is 0 Å². The Morgan fingerprint density at radius 2 is 1.67 bits per heavy atom. The molecule has 24 heavy (non-hydrogen) atoms. The fraction of sp³-hybridized carbons (Fsp3) is 0.533. The smallest absolute Gasteiger partial charge is 0.359 e. The first kappa shape index (κ1) is 19.6. The molecule has 2 rings (SSSR count). The Hall–Kier alpha value is -0.750. The van der Waals surface area contributed by atoms with E-state index in [9.17, 15) is 9.59 Å². The van der Waals surface area contributed by atoms with E-state index < -0.39 is 12.6 Å². The number of nitrogens with zero attached hydrogens (tertiary/aromatic N) is 2. The summed E-state index contributed by atoms with van der Waals surface area (Å²) in [5.41, 5.74) is -0.274. The molecule has 1 saturated heterocycles. The third kappa shape index (κ3) is 4.45. The number of likely N-dealkylation sites (tertiary alicyclic amines) is 1. The van der Waals surface area contributed by atoms with Crippen LogP contribution in [-0.4, -0.2) is 41.5 Å². The van der Waals surface area contributed by atoms with E-state index >= 15 is 0 Å². The Labute approximate surface area is 160 Å². The number of hydrogen-bond donors (Lipinski definition) is 0. The third-order valence-electron chi connectivity index (χ3n) is 3.73. The number of aromatic nitrogens is 1. The highest BCUT2D eigenvalue weighted by Crippen LogP contribution is 2.36. The van der Waals surface area contributed by atoms with Gasteiger partial charge in [-0.05, 0) is 18.3 Å². The van der Waals surface area contributed by atoms with Crippen molar-refractivity contribution in [2.24, 2.45) is 11.8 Å². The maximum absolute atomic E-state index is 12.2. The molecule has 5 nitrogen and oxygen atoms in total. The number of halogens is 4. The van der Waals surface area contributed by atoms with Crippen LogP contribution in [0.4, 0.5) is 0 Å². The van der Waals surface area contributed by atoms with E-state index in [1.165, 1.54) is 0 Å². The molecule has 2 heterocycles. The summed E-state index contributed by atoms with van der Waals surface area (Å²) < 4.78 is 5.01. The van der Waals surface area contributed by atoms with Gasteiger partial charge in [0.05, 0.1) is 15.1 Å². The van der Waals surface area contributed by atoms with E-state index in [1.807, 2.05) is 0 Å². The number of hydrogen-bond acceptors (Lipinski definition) is 4. The van der Waals surface area contributed by atoms with Gasteiger partial charge in [-0.25, -0.2) is 9.78 Å². The molecule has 1 aromatic heterocycles. The molecular weight excluding hydrogens is 398 g/mol. The molecule has 0 spiro atoms. The summed E-state index contributed by atoms with van der Waals surface area (Å²) in [5, 5.41) is -0.464. The number of carbonyl (C=O) groups is 2. The molecule has 0 radical (unpaired) electrons. The van der Waals surface area contributed by atoms with Crippen molar-refractivity contribution in [3.63, 3.8) is 0 Å². The van der Waals surface area contributed by atoms with Gasteiger partial charge in [-0.3, -0.25) is 4.79 Å². The van der Waals surface area contributed by atoms with Crippen molar-refractivity contribution in [3.05, 3.63) is 25.9 Å². The summed E-state index contributed by atoms with van der Waals surface area (Å²) in [5.74, 6) is -0.312. The Bertz CT molecular complexity index is 659. The minimum Gasteiger partial charge on any atom is -0.451 e. The molecule has 0 N–H and O–H groups in total. The predicted octanol–water partition coefficient (Wildman–Crippen LogP) is 4.36. The number of pyridine rings is 1. The number of amides is 1. The highest BCUT2D eigenvalue weighted by Gasteiger charge is 2.27. The van der Waals surface area contributed by atoms with Crippen LogP contribution in [0.5, 0.6) is 0 Å². The molecule has 9 heteroatoms. The monoisotopic (exact) mass is 412 g/mol. The Morgan fingerprint density at radius 3 is 2.25 bits per heavy atom. The van der Waals surface area contributed by atoms with Gasteiger partial charge >= 0.3 is 5.97 Å². The summed E-state index contributed by atoms with van der Waals surface area (Å²) in [6, 6.07) is 0. The fourth-order valence-corrected chi connectivity index (χ4v) is 3.58. The topological polar surface area (TPSA) is 59.5 Å². The molecule has 1 aliphatic heterocycles. The van der Waals surface area contributed by atoms with Crippen molar-refractivity contribution >= 4 is 58.3 Å². The summed E-state index contributed by atoms with van der Waals surface area (Å²) in [7, 11) is 0. The molecule has 0 bridgehead atoms. The first-order chi connectivity index (χ1) is 11.2. The standard InChI is InChI=1S/C15H16Cl4N2O3/c1-7-3-8(2)5-21(4-7)9(22)6-24-15(23)13-11(17)10(16)12(18)14(19)20-13/h7-8H,3-6H2,1-2H3/t7-,8-/m1/s1. The zero-order valence-electron chi connectivity index (χ0n) is 13.1. The molecular formula is C15H16Cl4N2O3. The SMILES string of the molecule is C[C@@H]1C[C@@H](C)CN(C(=O)COC(=O)c2nc(Cl)c(Cl)c(Cl)c2Cl)C1. The highest BCUT2D eigenvalue weighted by atomic mass is 35.5. The highest BCUT2D eigenvalue weighted by molar-refractivity contribution is 6.52. The number of esters is 1. The number of rotatable bonds is 3. The van der Waals surface area contributed by atoms with Gasteiger partial charge in [-0.2, -0.15) is 0 Å². The number of carbonyl (C=O) groups excluding carboxylic acids is 2. The lowest BCUT2D eigenvalue weighted by Crippen LogP contribution is -2.44. The number of piperidine rings is 1. The van der Waals surface area contributed by atoms with Crippen LogP contribution in [0.15, 0.2) is 0 Å². The summed E-state index contributed by atoms with van der Waals surface area (Å²) in [6.45, 7) is 5.08. The second-order valence-electron chi connectivity index (χ2n) is 6.01. The van der Waals surface area contributed by atoms with E-state index in [2.05, 4.69) is 18.8 Å². The van der Waals surface area contributed by atoms with Crippen molar-refractivity contribution in [2.45, 2.75) is 20.3 Å². The quantitative estimate of drug-likeness (QED) is 0.545. The van der Waals surface area contributed by atoms with E-state index in [0.29, 0.717) is 24.9 Å². The minimum atomic E-state index is -0.882. The second kappa shape index (κ2) is 8.09. The molecule has 0 unspecified atom stereocenters. The Balaban J connectivity index is 2.02. The Kier molecular flexibility index (Phi) is 6.59. The lowest BCUT2D eigenvalue weighted by Gasteiger charge is -2.34. The van der Waals surface area contributed by atoms with E-state index in [-0.39, 0.29) is 31.8 Å².